The third kappa shape index (κ3) is 3.79. The van der Waals surface area contributed by atoms with Gasteiger partial charge in [0.2, 0.25) is 0 Å². The minimum atomic E-state index is -0.0305. The summed E-state index contributed by atoms with van der Waals surface area (Å²) in [6, 6.07) is 23.4. The second kappa shape index (κ2) is 8.96. The van der Waals surface area contributed by atoms with E-state index in [0.717, 1.165) is 10.8 Å². The number of hydrogen-bond donors (Lipinski definition) is 1. The molecule has 4 aromatic rings. The highest BCUT2D eigenvalue weighted by molar-refractivity contribution is 7.80. The third-order valence-corrected chi connectivity index (χ3v) is 6.88. The smallest absolute Gasteiger partial charge is 0.170 e. The minimum absolute atomic E-state index is 0.0254. The molecule has 0 saturated carbocycles. The summed E-state index contributed by atoms with van der Waals surface area (Å²) in [6.07, 6.45) is 1.84. The lowest BCUT2D eigenvalue weighted by Crippen LogP contribution is -2.32. The summed E-state index contributed by atoms with van der Waals surface area (Å²) in [5.74, 6) is 0. The number of benzene rings is 2. The Balaban J connectivity index is 1.66. The minimum Gasteiger partial charge on any atom is -0.383 e. The van der Waals surface area contributed by atoms with Gasteiger partial charge in [0.25, 0.3) is 0 Å². The van der Waals surface area contributed by atoms with Crippen LogP contribution >= 0.6 is 12.2 Å². The zero-order chi connectivity index (χ0) is 22.9. The van der Waals surface area contributed by atoms with Crippen LogP contribution in [0.2, 0.25) is 0 Å². The molecule has 0 unspecified atom stereocenters. The number of pyridine rings is 1. The SMILES string of the molecule is COCCN1C(=S)N[C@H](c2ccccn2)[C@H]1c1cc(C)n(-c2cccc3ccccc23)c1C. The number of aryl methyl sites for hydroxylation is 1. The lowest BCUT2D eigenvalue weighted by Gasteiger charge is -2.28. The Labute approximate surface area is 200 Å². The predicted octanol–water partition coefficient (Wildman–Crippen LogP) is 5.26. The maximum atomic E-state index is 5.77. The number of rotatable bonds is 6. The lowest BCUT2D eigenvalue weighted by atomic mass is 9.97. The second-order valence-electron chi connectivity index (χ2n) is 8.47. The molecular weight excluding hydrogens is 428 g/mol. The first-order chi connectivity index (χ1) is 16.1. The molecule has 0 spiro atoms. The topological polar surface area (TPSA) is 42.3 Å². The maximum absolute atomic E-state index is 5.77. The molecule has 1 aliphatic rings. The maximum Gasteiger partial charge on any atom is 0.170 e. The molecule has 2 aromatic carbocycles. The molecule has 2 atom stereocenters. The molecule has 1 N–H and O–H groups in total. The molecule has 1 aliphatic heterocycles. The second-order valence-corrected chi connectivity index (χ2v) is 8.86. The van der Waals surface area contributed by atoms with Crippen molar-refractivity contribution in [1.29, 1.82) is 0 Å². The normalized spacial score (nSPS) is 18.2. The highest BCUT2D eigenvalue weighted by atomic mass is 32.1. The summed E-state index contributed by atoms with van der Waals surface area (Å²) >= 11 is 5.77. The fraction of sp³-hybridized carbons (Fsp3) is 0.259. The summed E-state index contributed by atoms with van der Waals surface area (Å²) in [7, 11) is 1.73. The first kappa shape index (κ1) is 21.6. The summed E-state index contributed by atoms with van der Waals surface area (Å²) in [4.78, 5) is 6.90. The average Bonchev–Trinajstić information content (AvgIpc) is 3.32. The van der Waals surface area contributed by atoms with Crippen molar-refractivity contribution in [1.82, 2.24) is 19.8 Å². The summed E-state index contributed by atoms with van der Waals surface area (Å²) in [5, 5.41) is 6.75. The lowest BCUT2D eigenvalue weighted by molar-refractivity contribution is 0.164. The van der Waals surface area contributed by atoms with Crippen molar-refractivity contribution in [2.75, 3.05) is 20.3 Å². The number of aromatic nitrogens is 2. The van der Waals surface area contributed by atoms with Gasteiger partial charge in [-0.15, -0.1) is 0 Å². The Morgan fingerprint density at radius 2 is 1.82 bits per heavy atom. The van der Waals surface area contributed by atoms with Gasteiger partial charge < -0.3 is 19.5 Å². The van der Waals surface area contributed by atoms with Crippen molar-refractivity contribution in [2.24, 2.45) is 0 Å². The van der Waals surface area contributed by atoms with Crippen molar-refractivity contribution >= 4 is 28.1 Å². The van der Waals surface area contributed by atoms with Gasteiger partial charge in [0, 0.05) is 36.6 Å². The van der Waals surface area contributed by atoms with Crippen LogP contribution in [0.3, 0.4) is 0 Å². The van der Waals surface area contributed by atoms with Crippen molar-refractivity contribution in [3.05, 3.63) is 95.6 Å². The standard InChI is InChI=1S/C27H28N4OS/c1-18-17-22(19(2)31(18)24-13-8-10-20-9-4-5-11-21(20)24)26-25(23-12-6-7-14-28-23)29-27(33)30(26)15-16-32-3/h4-14,17,25-26H,15-16H2,1-3H3,(H,29,33)/t25-,26-/m1/s1. The van der Waals surface area contributed by atoms with E-state index in [-0.39, 0.29) is 12.1 Å². The molecule has 5 rings (SSSR count). The van der Waals surface area contributed by atoms with Gasteiger partial charge in [0.1, 0.15) is 0 Å². The zero-order valence-electron chi connectivity index (χ0n) is 19.2. The van der Waals surface area contributed by atoms with Gasteiger partial charge in [-0.25, -0.2) is 0 Å². The Morgan fingerprint density at radius 1 is 1.03 bits per heavy atom. The van der Waals surface area contributed by atoms with Crippen molar-refractivity contribution in [2.45, 2.75) is 25.9 Å². The van der Waals surface area contributed by atoms with Crippen LogP contribution in [-0.2, 0) is 4.74 Å². The molecule has 0 aliphatic carbocycles. The zero-order valence-corrected chi connectivity index (χ0v) is 20.0. The van der Waals surface area contributed by atoms with Gasteiger partial charge in [0.05, 0.1) is 30.1 Å². The molecular formula is C27H28N4OS. The van der Waals surface area contributed by atoms with E-state index >= 15 is 0 Å². The van der Waals surface area contributed by atoms with Gasteiger partial charge >= 0.3 is 0 Å². The van der Waals surface area contributed by atoms with E-state index in [0.29, 0.717) is 13.2 Å². The van der Waals surface area contributed by atoms with E-state index in [1.54, 1.807) is 7.11 Å². The average molecular weight is 457 g/mol. The number of nitrogens with one attached hydrogen (secondary N) is 1. The van der Waals surface area contributed by atoms with Crippen LogP contribution in [0.4, 0.5) is 0 Å². The highest BCUT2D eigenvalue weighted by Gasteiger charge is 2.41. The summed E-state index contributed by atoms with van der Waals surface area (Å²) < 4.78 is 7.77. The number of ether oxygens (including phenoxy) is 1. The van der Waals surface area contributed by atoms with Gasteiger partial charge in [-0.3, -0.25) is 4.98 Å². The molecule has 168 valence electrons. The Morgan fingerprint density at radius 3 is 2.61 bits per heavy atom. The monoisotopic (exact) mass is 456 g/mol. The summed E-state index contributed by atoms with van der Waals surface area (Å²) in [6.45, 7) is 5.70. The number of methoxy groups -OCH3 is 1. The Hall–Kier alpha value is -3.22. The number of fused-ring (bicyclic) bond motifs is 1. The molecule has 6 heteroatoms. The first-order valence-electron chi connectivity index (χ1n) is 11.2. The van der Waals surface area contributed by atoms with Crippen LogP contribution in [0.15, 0.2) is 72.9 Å². The Bertz CT molecular complexity index is 1290. The predicted molar refractivity (Wildman–Crippen MR) is 137 cm³/mol. The van der Waals surface area contributed by atoms with Crippen LogP contribution in [0.1, 0.15) is 34.7 Å². The van der Waals surface area contributed by atoms with Crippen molar-refractivity contribution < 1.29 is 4.74 Å². The van der Waals surface area contributed by atoms with E-state index in [1.807, 2.05) is 18.3 Å². The van der Waals surface area contributed by atoms with Gasteiger partial charge in [0.15, 0.2) is 5.11 Å². The van der Waals surface area contributed by atoms with E-state index in [2.05, 4.69) is 88.2 Å². The third-order valence-electron chi connectivity index (χ3n) is 6.53. The molecule has 5 nitrogen and oxygen atoms in total. The van der Waals surface area contributed by atoms with Crippen LogP contribution in [-0.4, -0.2) is 39.8 Å². The van der Waals surface area contributed by atoms with Crippen molar-refractivity contribution in [3.63, 3.8) is 0 Å². The van der Waals surface area contributed by atoms with Crippen LogP contribution < -0.4 is 5.32 Å². The molecule has 0 radical (unpaired) electrons. The molecule has 2 aromatic heterocycles. The largest absolute Gasteiger partial charge is 0.383 e. The van der Waals surface area contributed by atoms with E-state index < -0.39 is 0 Å². The van der Waals surface area contributed by atoms with Crippen LogP contribution in [0, 0.1) is 13.8 Å². The molecule has 0 amide bonds. The molecule has 3 heterocycles. The van der Waals surface area contributed by atoms with Gasteiger partial charge in [-0.05, 0) is 61.3 Å². The molecule has 1 fully saturated rings. The Kier molecular flexibility index (Phi) is 5.87. The number of hydrogen-bond acceptors (Lipinski definition) is 3. The van der Waals surface area contributed by atoms with Gasteiger partial charge in [-0.2, -0.15) is 0 Å². The van der Waals surface area contributed by atoms with Gasteiger partial charge in [-0.1, -0.05) is 42.5 Å². The molecule has 1 saturated heterocycles. The van der Waals surface area contributed by atoms with E-state index in [9.17, 15) is 0 Å². The quantitative estimate of drug-likeness (QED) is 0.401. The van der Waals surface area contributed by atoms with E-state index in [1.165, 1.54) is 33.4 Å². The molecule has 0 bridgehead atoms. The number of thiocarbonyl (C=S) groups is 1. The fourth-order valence-electron chi connectivity index (χ4n) is 5.04. The highest BCUT2D eigenvalue weighted by Crippen LogP contribution is 2.41. The van der Waals surface area contributed by atoms with Crippen LogP contribution in [0.5, 0.6) is 0 Å². The van der Waals surface area contributed by atoms with E-state index in [4.69, 9.17) is 17.0 Å². The summed E-state index contributed by atoms with van der Waals surface area (Å²) in [5.41, 5.74) is 5.84. The van der Waals surface area contributed by atoms with Crippen LogP contribution in [0.25, 0.3) is 16.5 Å². The molecule has 33 heavy (non-hydrogen) atoms. The first-order valence-corrected chi connectivity index (χ1v) is 11.6. The van der Waals surface area contributed by atoms with Crippen molar-refractivity contribution in [3.8, 4) is 5.69 Å². The number of nitrogens with zero attached hydrogens (tertiary/aromatic N) is 3. The fourth-order valence-corrected chi connectivity index (χ4v) is 5.37.